The van der Waals surface area contributed by atoms with Gasteiger partial charge in [0.2, 0.25) is 0 Å². The van der Waals surface area contributed by atoms with E-state index in [1.54, 1.807) is 0 Å². The number of hydrogen-bond acceptors (Lipinski definition) is 5. The number of nitrogens with one attached hydrogen (secondary N) is 2. The van der Waals surface area contributed by atoms with E-state index >= 15 is 0 Å². The molecule has 0 radical (unpaired) electrons. The zero-order valence-electron chi connectivity index (χ0n) is 30.7. The van der Waals surface area contributed by atoms with E-state index in [4.69, 9.17) is 4.99 Å². The number of para-hydroxylation sites is 2. The van der Waals surface area contributed by atoms with Crippen molar-refractivity contribution in [1.82, 2.24) is 15.2 Å². The van der Waals surface area contributed by atoms with Gasteiger partial charge in [-0.2, -0.15) is 0 Å². The molecule has 1 aliphatic heterocycles. The molecule has 11 aromatic rings. The summed E-state index contributed by atoms with van der Waals surface area (Å²) in [7, 11) is 0. The van der Waals surface area contributed by atoms with Crippen molar-refractivity contribution in [2.45, 2.75) is 12.3 Å². The van der Waals surface area contributed by atoms with Gasteiger partial charge in [-0.3, -0.25) is 5.32 Å². The Balaban J connectivity index is 0.901. The normalized spacial score (nSPS) is 15.9. The Kier molecular flexibility index (Phi) is 7.45. The predicted octanol–water partition coefficient (Wildman–Crippen LogP) is 13.5. The molecule has 2 atom stereocenters. The van der Waals surface area contributed by atoms with Crippen LogP contribution in [0.1, 0.15) is 29.0 Å². The monoisotopic (exact) mass is 766 g/mol. The fourth-order valence-electron chi connectivity index (χ4n) is 8.72. The summed E-state index contributed by atoms with van der Waals surface area (Å²) in [5.74, 6) is 0.897. The number of amidine groups is 1. The SMILES string of the molecule is c1ccc(C2=NC(c3ccc4c(c3)sc3ccc(-c5ccc6sc7cc(-n8c9ccccc9c9ccccc98)ccc7c6c5)cc34)NC(c3ccccc3)N2)cc1. The van der Waals surface area contributed by atoms with Crippen molar-refractivity contribution < 1.29 is 0 Å². The molecule has 0 amide bonds. The molecule has 1 aliphatic rings. The van der Waals surface area contributed by atoms with E-state index in [2.05, 4.69) is 191 Å². The number of rotatable bonds is 5. The van der Waals surface area contributed by atoms with Crippen LogP contribution < -0.4 is 10.6 Å². The number of aromatic nitrogens is 1. The lowest BCUT2D eigenvalue weighted by Gasteiger charge is -2.32. The van der Waals surface area contributed by atoms with E-state index in [0.717, 1.165) is 17.0 Å². The van der Waals surface area contributed by atoms with Gasteiger partial charge in [-0.15, -0.1) is 22.7 Å². The third kappa shape index (κ3) is 5.41. The standard InChI is InChI=1S/C51H34N4S2/c1-3-11-31(12-4-1)49-52-50(32-13-5-2-6-14-32)54-51(53-49)35-19-23-39-41-27-33(20-25-45(41)56-47(39)29-35)34-21-26-46-42(28-34)40-24-22-36(30-48(40)57-46)55-43-17-9-7-15-37(43)38-16-8-10-18-44(38)55/h1-30,49,51,53H,(H,52,54). The molecule has 0 bridgehead atoms. The Bertz CT molecular complexity index is 3320. The van der Waals surface area contributed by atoms with Crippen LogP contribution in [0, 0.1) is 0 Å². The first-order valence-corrected chi connectivity index (χ1v) is 21.0. The second-order valence-corrected chi connectivity index (χ2v) is 17.0. The van der Waals surface area contributed by atoms with Gasteiger partial charge in [-0.1, -0.05) is 127 Å². The van der Waals surface area contributed by atoms with Crippen LogP contribution in [0.2, 0.25) is 0 Å². The van der Waals surface area contributed by atoms with Gasteiger partial charge in [-0.25, -0.2) is 4.99 Å². The van der Waals surface area contributed by atoms with Crippen LogP contribution in [-0.4, -0.2) is 10.4 Å². The van der Waals surface area contributed by atoms with Gasteiger partial charge in [0.15, 0.2) is 0 Å². The Hall–Kier alpha value is -6.57. The lowest BCUT2D eigenvalue weighted by molar-refractivity contribution is 0.409. The summed E-state index contributed by atoms with van der Waals surface area (Å²) in [6.07, 6.45) is -0.258. The van der Waals surface area contributed by atoms with E-state index in [0.29, 0.717) is 0 Å². The fourth-order valence-corrected chi connectivity index (χ4v) is 11.0. The Labute approximate surface area is 337 Å². The minimum atomic E-state index is -0.193. The van der Waals surface area contributed by atoms with E-state index in [1.807, 2.05) is 28.7 Å². The molecule has 4 heterocycles. The van der Waals surface area contributed by atoms with Crippen molar-refractivity contribution in [3.63, 3.8) is 0 Å². The third-order valence-electron chi connectivity index (χ3n) is 11.5. The van der Waals surface area contributed by atoms with Gasteiger partial charge in [0.25, 0.3) is 0 Å². The van der Waals surface area contributed by atoms with Crippen molar-refractivity contribution in [1.29, 1.82) is 0 Å². The van der Waals surface area contributed by atoms with Gasteiger partial charge < -0.3 is 9.88 Å². The van der Waals surface area contributed by atoms with E-state index in [-0.39, 0.29) is 12.3 Å². The van der Waals surface area contributed by atoms with Gasteiger partial charge in [0.05, 0.1) is 11.0 Å². The summed E-state index contributed by atoms with van der Waals surface area (Å²) in [6.45, 7) is 0. The second kappa shape index (κ2) is 13.0. The molecule has 0 spiro atoms. The average molecular weight is 767 g/mol. The maximum Gasteiger partial charge on any atom is 0.131 e. The zero-order valence-corrected chi connectivity index (χ0v) is 32.3. The molecular formula is C51H34N4S2. The van der Waals surface area contributed by atoms with Gasteiger partial charge in [-0.05, 0) is 76.9 Å². The molecule has 8 aromatic carbocycles. The first-order chi connectivity index (χ1) is 28.2. The number of benzene rings is 8. The van der Waals surface area contributed by atoms with Crippen molar-refractivity contribution in [2.24, 2.45) is 4.99 Å². The number of fused-ring (bicyclic) bond motifs is 9. The van der Waals surface area contributed by atoms with Crippen molar-refractivity contribution >= 4 is 90.7 Å². The number of nitrogens with zero attached hydrogens (tertiary/aromatic N) is 2. The maximum absolute atomic E-state index is 5.19. The van der Waals surface area contributed by atoms with Crippen molar-refractivity contribution in [3.8, 4) is 16.8 Å². The summed E-state index contributed by atoms with van der Waals surface area (Å²) < 4.78 is 7.57. The lowest BCUT2D eigenvalue weighted by Crippen LogP contribution is -2.44. The molecule has 270 valence electrons. The molecule has 2 N–H and O–H groups in total. The summed E-state index contributed by atoms with van der Waals surface area (Å²) in [5, 5.41) is 15.2. The van der Waals surface area contributed by atoms with E-state index in [9.17, 15) is 0 Å². The molecule has 57 heavy (non-hydrogen) atoms. The summed E-state index contributed by atoms with van der Waals surface area (Å²) in [4.78, 5) is 5.19. The summed E-state index contributed by atoms with van der Waals surface area (Å²) >= 11 is 3.73. The highest BCUT2D eigenvalue weighted by Crippen LogP contribution is 2.42. The smallest absolute Gasteiger partial charge is 0.131 e. The van der Waals surface area contributed by atoms with Crippen LogP contribution in [0.5, 0.6) is 0 Å². The number of aliphatic imine (C=N–C) groups is 1. The highest BCUT2D eigenvalue weighted by atomic mass is 32.1. The van der Waals surface area contributed by atoms with Crippen LogP contribution in [0.3, 0.4) is 0 Å². The van der Waals surface area contributed by atoms with Gasteiger partial charge in [0, 0.05) is 62.4 Å². The van der Waals surface area contributed by atoms with Crippen LogP contribution in [0.15, 0.2) is 187 Å². The molecule has 4 nitrogen and oxygen atoms in total. The minimum absolute atomic E-state index is 0.0654. The highest BCUT2D eigenvalue weighted by Gasteiger charge is 2.26. The Morgan fingerprint density at radius 3 is 1.67 bits per heavy atom. The van der Waals surface area contributed by atoms with Gasteiger partial charge >= 0.3 is 0 Å². The van der Waals surface area contributed by atoms with E-state index in [1.165, 1.54) is 84.5 Å². The molecule has 0 saturated carbocycles. The minimum Gasteiger partial charge on any atom is -0.350 e. The Morgan fingerprint density at radius 1 is 0.421 bits per heavy atom. The first kappa shape index (κ1) is 32.7. The maximum atomic E-state index is 5.19. The highest BCUT2D eigenvalue weighted by molar-refractivity contribution is 7.26. The Morgan fingerprint density at radius 2 is 1.00 bits per heavy atom. The van der Waals surface area contributed by atoms with Gasteiger partial charge in [0.1, 0.15) is 18.2 Å². The fraction of sp³-hybridized carbons (Fsp3) is 0.0392. The molecular weight excluding hydrogens is 733 g/mol. The van der Waals surface area contributed by atoms with Crippen molar-refractivity contribution in [2.75, 3.05) is 0 Å². The summed E-state index contributed by atoms with van der Waals surface area (Å²) in [5.41, 5.74) is 9.55. The van der Waals surface area contributed by atoms with Crippen LogP contribution in [-0.2, 0) is 0 Å². The van der Waals surface area contributed by atoms with Crippen LogP contribution >= 0.6 is 22.7 Å². The quantitative estimate of drug-likeness (QED) is 0.183. The molecule has 0 saturated heterocycles. The van der Waals surface area contributed by atoms with Crippen molar-refractivity contribution in [3.05, 3.63) is 199 Å². The van der Waals surface area contributed by atoms with Crippen LogP contribution in [0.25, 0.3) is 79.0 Å². The topological polar surface area (TPSA) is 41.4 Å². The molecule has 0 fully saturated rings. The molecule has 0 aliphatic carbocycles. The molecule has 3 aromatic heterocycles. The van der Waals surface area contributed by atoms with E-state index < -0.39 is 0 Å². The average Bonchev–Trinajstić information content (AvgIpc) is 3.95. The molecule has 6 heteroatoms. The number of thiophene rings is 2. The number of hydrogen-bond donors (Lipinski definition) is 2. The zero-order chi connectivity index (χ0) is 37.5. The van der Waals surface area contributed by atoms with Crippen LogP contribution in [0.4, 0.5) is 0 Å². The largest absolute Gasteiger partial charge is 0.350 e. The first-order valence-electron chi connectivity index (χ1n) is 19.3. The second-order valence-electron chi connectivity index (χ2n) is 14.8. The predicted molar refractivity (Wildman–Crippen MR) is 243 cm³/mol. The molecule has 2 unspecified atom stereocenters. The summed E-state index contributed by atoms with van der Waals surface area (Å²) in [6, 6.07) is 66.2. The lowest BCUT2D eigenvalue weighted by atomic mass is 10.00. The third-order valence-corrected chi connectivity index (χ3v) is 13.7. The molecule has 12 rings (SSSR count).